The molecule has 172 valence electrons. The summed E-state index contributed by atoms with van der Waals surface area (Å²) in [5.74, 6) is 1.06. The minimum atomic E-state index is -4.04. The van der Waals surface area contributed by atoms with Crippen LogP contribution in [0.15, 0.2) is 96.0 Å². The summed E-state index contributed by atoms with van der Waals surface area (Å²) in [5, 5.41) is 4.99. The highest BCUT2D eigenvalue weighted by atomic mass is 32.2. The molecule has 0 radical (unpaired) electrons. The van der Waals surface area contributed by atoms with E-state index in [-0.39, 0.29) is 16.2 Å². The number of nitrogens with zero attached hydrogens (tertiary/aromatic N) is 2. The highest BCUT2D eigenvalue weighted by molar-refractivity contribution is 7.87. The first-order valence-electron chi connectivity index (χ1n) is 11.0. The molecule has 0 aliphatic carbocycles. The molecule has 0 saturated heterocycles. The van der Waals surface area contributed by atoms with E-state index in [0.29, 0.717) is 11.1 Å². The highest BCUT2D eigenvalue weighted by Crippen LogP contribution is 2.33. The SMILES string of the molecule is CC(C)(C)Nc1c(-c2cccc(OS(=O)(=O)c3cccc4ccccc34)c2)nc2ccccn12. The van der Waals surface area contributed by atoms with E-state index in [1.54, 1.807) is 36.4 Å². The maximum absolute atomic E-state index is 13.2. The van der Waals surface area contributed by atoms with Gasteiger partial charge in [0.1, 0.15) is 27.8 Å². The van der Waals surface area contributed by atoms with Gasteiger partial charge in [0, 0.05) is 22.7 Å². The molecule has 0 aliphatic heterocycles. The summed E-state index contributed by atoms with van der Waals surface area (Å²) in [6, 6.07) is 25.3. The van der Waals surface area contributed by atoms with Crippen LogP contribution in [-0.2, 0) is 10.1 Å². The molecule has 5 aromatic rings. The molecule has 0 aliphatic rings. The summed E-state index contributed by atoms with van der Waals surface area (Å²) in [6.45, 7) is 6.24. The number of benzene rings is 3. The van der Waals surface area contributed by atoms with Gasteiger partial charge in [0.2, 0.25) is 0 Å². The smallest absolute Gasteiger partial charge is 0.339 e. The molecule has 3 aromatic carbocycles. The summed E-state index contributed by atoms with van der Waals surface area (Å²) in [4.78, 5) is 4.94. The van der Waals surface area contributed by atoms with Gasteiger partial charge in [-0.25, -0.2) is 4.98 Å². The molecule has 6 nitrogen and oxygen atoms in total. The van der Waals surface area contributed by atoms with Crippen molar-refractivity contribution in [1.82, 2.24) is 9.38 Å². The molecule has 5 rings (SSSR count). The maximum atomic E-state index is 13.2. The zero-order valence-electron chi connectivity index (χ0n) is 19.2. The largest absolute Gasteiger partial charge is 0.379 e. The van der Waals surface area contributed by atoms with E-state index in [4.69, 9.17) is 9.17 Å². The normalized spacial score (nSPS) is 12.2. The molecule has 0 bridgehead atoms. The monoisotopic (exact) mass is 471 g/mol. The highest BCUT2D eigenvalue weighted by Gasteiger charge is 2.22. The van der Waals surface area contributed by atoms with E-state index in [9.17, 15) is 8.42 Å². The fourth-order valence-electron chi connectivity index (χ4n) is 3.95. The van der Waals surface area contributed by atoms with Crippen LogP contribution in [0, 0.1) is 0 Å². The second-order valence-corrected chi connectivity index (χ2v) is 10.7. The van der Waals surface area contributed by atoms with Crippen molar-refractivity contribution in [3.8, 4) is 17.0 Å². The van der Waals surface area contributed by atoms with Crippen molar-refractivity contribution < 1.29 is 12.6 Å². The molecule has 2 heterocycles. The summed E-state index contributed by atoms with van der Waals surface area (Å²) in [5.41, 5.74) is 2.06. The van der Waals surface area contributed by atoms with Crippen molar-refractivity contribution in [2.24, 2.45) is 0 Å². The molecule has 0 spiro atoms. The van der Waals surface area contributed by atoms with Gasteiger partial charge >= 0.3 is 10.1 Å². The predicted octanol–water partition coefficient (Wildman–Crippen LogP) is 6.13. The van der Waals surface area contributed by atoms with E-state index in [1.165, 1.54) is 0 Å². The Kier molecular flexibility index (Phi) is 5.29. The number of hydrogen-bond donors (Lipinski definition) is 1. The van der Waals surface area contributed by atoms with E-state index in [2.05, 4.69) is 26.1 Å². The molecular formula is C27H25N3O3S. The molecule has 0 unspecified atom stereocenters. The number of fused-ring (bicyclic) bond motifs is 2. The van der Waals surface area contributed by atoms with Crippen LogP contribution in [-0.4, -0.2) is 23.3 Å². The third-order valence-corrected chi connectivity index (χ3v) is 6.66. The van der Waals surface area contributed by atoms with E-state index < -0.39 is 10.1 Å². The summed E-state index contributed by atoms with van der Waals surface area (Å²) < 4.78 is 34.0. The third-order valence-electron chi connectivity index (χ3n) is 5.36. The zero-order valence-corrected chi connectivity index (χ0v) is 20.0. The van der Waals surface area contributed by atoms with Crippen LogP contribution in [0.2, 0.25) is 0 Å². The van der Waals surface area contributed by atoms with Gasteiger partial charge in [-0.05, 0) is 56.5 Å². The molecule has 7 heteroatoms. The number of rotatable bonds is 5. The second kappa shape index (κ2) is 8.18. The van der Waals surface area contributed by atoms with Gasteiger partial charge in [0.25, 0.3) is 0 Å². The molecule has 34 heavy (non-hydrogen) atoms. The minimum Gasteiger partial charge on any atom is -0.379 e. The average Bonchev–Trinajstić information content (AvgIpc) is 3.15. The van der Waals surface area contributed by atoms with Gasteiger partial charge in [0.05, 0.1) is 0 Å². The lowest BCUT2D eigenvalue weighted by Crippen LogP contribution is -2.27. The van der Waals surface area contributed by atoms with Gasteiger partial charge in [0.15, 0.2) is 0 Å². The van der Waals surface area contributed by atoms with Crippen molar-refractivity contribution in [2.75, 3.05) is 5.32 Å². The Morgan fingerprint density at radius 2 is 1.62 bits per heavy atom. The number of nitrogens with one attached hydrogen (secondary N) is 1. The Bertz CT molecular complexity index is 1610. The Hall–Kier alpha value is -3.84. The quantitative estimate of drug-likeness (QED) is 0.312. The summed E-state index contributed by atoms with van der Waals surface area (Å²) in [7, 11) is -4.04. The minimum absolute atomic E-state index is 0.138. The first kappa shape index (κ1) is 22.0. The lowest BCUT2D eigenvalue weighted by atomic mass is 10.1. The molecule has 0 atom stereocenters. The summed E-state index contributed by atoms with van der Waals surface area (Å²) >= 11 is 0. The first-order valence-corrected chi connectivity index (χ1v) is 12.4. The van der Waals surface area contributed by atoms with E-state index >= 15 is 0 Å². The van der Waals surface area contributed by atoms with E-state index in [1.807, 2.05) is 59.1 Å². The van der Waals surface area contributed by atoms with Gasteiger partial charge in [-0.3, -0.25) is 4.40 Å². The van der Waals surface area contributed by atoms with Crippen LogP contribution in [0.5, 0.6) is 5.75 Å². The van der Waals surface area contributed by atoms with Crippen LogP contribution < -0.4 is 9.50 Å². The van der Waals surface area contributed by atoms with Crippen LogP contribution in [0.1, 0.15) is 20.8 Å². The molecule has 0 amide bonds. The van der Waals surface area contributed by atoms with Crippen LogP contribution in [0.3, 0.4) is 0 Å². The molecule has 1 N–H and O–H groups in total. The van der Waals surface area contributed by atoms with Gasteiger partial charge in [-0.2, -0.15) is 8.42 Å². The number of anilines is 1. The third kappa shape index (κ3) is 4.22. The van der Waals surface area contributed by atoms with Crippen LogP contribution >= 0.6 is 0 Å². The zero-order chi connectivity index (χ0) is 23.9. The topological polar surface area (TPSA) is 72.7 Å². The lowest BCUT2D eigenvalue weighted by Gasteiger charge is -2.22. The first-order chi connectivity index (χ1) is 16.2. The Morgan fingerprint density at radius 1 is 0.882 bits per heavy atom. The Balaban J connectivity index is 1.56. The Labute approximate surface area is 199 Å². The number of imidazole rings is 1. The van der Waals surface area contributed by atoms with Gasteiger partial charge < -0.3 is 9.50 Å². The molecule has 0 fully saturated rings. The number of hydrogen-bond acceptors (Lipinski definition) is 5. The second-order valence-electron chi connectivity index (χ2n) is 9.16. The van der Waals surface area contributed by atoms with E-state index in [0.717, 1.165) is 22.4 Å². The van der Waals surface area contributed by atoms with Crippen LogP contribution in [0.25, 0.3) is 27.7 Å². The van der Waals surface area contributed by atoms with Crippen LogP contribution in [0.4, 0.5) is 5.82 Å². The summed E-state index contributed by atoms with van der Waals surface area (Å²) in [6.07, 6.45) is 1.95. The van der Waals surface area contributed by atoms with Crippen molar-refractivity contribution in [1.29, 1.82) is 0 Å². The van der Waals surface area contributed by atoms with Crippen molar-refractivity contribution in [3.05, 3.63) is 91.1 Å². The van der Waals surface area contributed by atoms with Crippen molar-refractivity contribution >= 4 is 32.4 Å². The number of aromatic nitrogens is 2. The fraction of sp³-hybridized carbons (Fsp3) is 0.148. The number of pyridine rings is 1. The van der Waals surface area contributed by atoms with Gasteiger partial charge in [-0.15, -0.1) is 0 Å². The van der Waals surface area contributed by atoms with Gasteiger partial charge in [-0.1, -0.05) is 54.6 Å². The average molecular weight is 472 g/mol. The molecule has 0 saturated carbocycles. The molecular weight excluding hydrogens is 446 g/mol. The standard InChI is InChI=1S/C27H25N3O3S/c1-27(2,3)29-26-25(28-24-16-6-7-17-30(24)26)20-12-8-13-21(18-20)33-34(31,32)23-15-9-11-19-10-4-5-14-22(19)23/h4-18,29H,1-3H3. The predicted molar refractivity (Wildman–Crippen MR) is 136 cm³/mol. The Morgan fingerprint density at radius 3 is 2.44 bits per heavy atom. The fourth-order valence-corrected chi connectivity index (χ4v) is 5.10. The molecule has 2 aromatic heterocycles. The van der Waals surface area contributed by atoms with Crippen molar-refractivity contribution in [3.63, 3.8) is 0 Å². The maximum Gasteiger partial charge on any atom is 0.339 e. The van der Waals surface area contributed by atoms with Crippen molar-refractivity contribution in [2.45, 2.75) is 31.2 Å². The lowest BCUT2D eigenvalue weighted by molar-refractivity contribution is 0.487.